The summed E-state index contributed by atoms with van der Waals surface area (Å²) in [6.45, 7) is 4.29. The number of carbonyl (C=O) groups excluding carboxylic acids is 1. The topological polar surface area (TPSA) is 59.8 Å². The van der Waals surface area contributed by atoms with Crippen LogP contribution in [0.3, 0.4) is 0 Å². The van der Waals surface area contributed by atoms with E-state index in [0.29, 0.717) is 17.5 Å². The van der Waals surface area contributed by atoms with Gasteiger partial charge >= 0.3 is 0 Å². The molecule has 30 heavy (non-hydrogen) atoms. The zero-order chi connectivity index (χ0) is 20.7. The highest BCUT2D eigenvalue weighted by molar-refractivity contribution is 7.98. The highest BCUT2D eigenvalue weighted by Crippen LogP contribution is 2.45. The smallest absolute Gasteiger partial charge is 0.227 e. The molecule has 2 aromatic carbocycles. The number of ketones is 1. The van der Waals surface area contributed by atoms with Gasteiger partial charge in [-0.25, -0.2) is 4.68 Å². The van der Waals surface area contributed by atoms with Crippen molar-refractivity contribution in [3.63, 3.8) is 0 Å². The van der Waals surface area contributed by atoms with Crippen molar-refractivity contribution in [2.75, 3.05) is 5.32 Å². The zero-order valence-electron chi connectivity index (χ0n) is 17.1. The number of hydrogen-bond donors (Lipinski definition) is 1. The highest BCUT2D eigenvalue weighted by atomic mass is 32.2. The number of anilines is 1. The predicted molar refractivity (Wildman–Crippen MR) is 119 cm³/mol. The molecule has 0 radical (unpaired) electrons. The molecule has 0 fully saturated rings. The van der Waals surface area contributed by atoms with Crippen molar-refractivity contribution in [2.45, 2.75) is 43.6 Å². The van der Waals surface area contributed by atoms with Crippen molar-refractivity contribution in [3.05, 3.63) is 83.1 Å². The number of benzene rings is 2. The minimum Gasteiger partial charge on any atom is -0.328 e. The van der Waals surface area contributed by atoms with Crippen molar-refractivity contribution < 1.29 is 4.79 Å². The lowest BCUT2D eigenvalue weighted by molar-refractivity contribution is -0.118. The largest absolute Gasteiger partial charge is 0.328 e. The van der Waals surface area contributed by atoms with E-state index in [9.17, 15) is 4.79 Å². The molecule has 5 rings (SSSR count). The van der Waals surface area contributed by atoms with Gasteiger partial charge in [-0.15, -0.1) is 5.10 Å². The molecule has 1 aromatic heterocycles. The Kier molecular flexibility index (Phi) is 4.74. The molecule has 152 valence electrons. The molecule has 0 saturated carbocycles. The van der Waals surface area contributed by atoms with Crippen LogP contribution in [-0.4, -0.2) is 20.5 Å². The molecule has 3 aromatic rings. The standard InChI is InChI=1S/C24H24N4OS/c1-24(2)13-18-20(19(29)14-24)21(17-11-7-4-8-12-17)28-22(25-18)26-23(27-28)30-15-16-9-5-3-6-10-16/h3-12,21H,13-15H2,1-2H3,(H,25,26,27). The number of Topliss-reactive ketones (excluding diaryl/α,β-unsaturated/α-hetero) is 1. The molecule has 2 aliphatic rings. The van der Waals surface area contributed by atoms with Gasteiger partial charge < -0.3 is 5.32 Å². The lowest BCUT2D eigenvalue weighted by Gasteiger charge is -2.38. The van der Waals surface area contributed by atoms with Gasteiger partial charge in [0.05, 0.1) is 0 Å². The van der Waals surface area contributed by atoms with Crippen LogP contribution in [0.5, 0.6) is 0 Å². The van der Waals surface area contributed by atoms with Crippen LogP contribution in [0.2, 0.25) is 0 Å². The van der Waals surface area contributed by atoms with Crippen LogP contribution in [-0.2, 0) is 10.5 Å². The molecule has 1 aliphatic carbocycles. The molecular formula is C24H24N4OS. The third kappa shape index (κ3) is 3.56. The first-order chi connectivity index (χ1) is 14.5. The summed E-state index contributed by atoms with van der Waals surface area (Å²) in [5, 5.41) is 8.96. The fraction of sp³-hybridized carbons (Fsp3) is 0.292. The van der Waals surface area contributed by atoms with E-state index in [0.717, 1.165) is 29.0 Å². The van der Waals surface area contributed by atoms with E-state index >= 15 is 0 Å². The fourth-order valence-corrected chi connectivity index (χ4v) is 5.10. The summed E-state index contributed by atoms with van der Waals surface area (Å²) in [6, 6.07) is 20.2. The highest BCUT2D eigenvalue weighted by Gasteiger charge is 2.41. The van der Waals surface area contributed by atoms with Gasteiger partial charge in [0.15, 0.2) is 5.78 Å². The Hall–Kier alpha value is -2.86. The summed E-state index contributed by atoms with van der Waals surface area (Å²) in [4.78, 5) is 18.0. The summed E-state index contributed by atoms with van der Waals surface area (Å²) in [7, 11) is 0. The van der Waals surface area contributed by atoms with Gasteiger partial charge in [0.1, 0.15) is 6.04 Å². The molecular weight excluding hydrogens is 392 g/mol. The number of fused-ring (bicyclic) bond motifs is 1. The number of rotatable bonds is 4. The Morgan fingerprint density at radius 3 is 2.50 bits per heavy atom. The van der Waals surface area contributed by atoms with Gasteiger partial charge in [-0.05, 0) is 23.0 Å². The van der Waals surface area contributed by atoms with E-state index in [-0.39, 0.29) is 17.2 Å². The van der Waals surface area contributed by atoms with Gasteiger partial charge in [0.2, 0.25) is 11.1 Å². The molecule has 1 aliphatic heterocycles. The third-order valence-corrected chi connectivity index (χ3v) is 6.55. The number of thioether (sulfide) groups is 1. The first-order valence-electron chi connectivity index (χ1n) is 10.2. The van der Waals surface area contributed by atoms with E-state index < -0.39 is 0 Å². The zero-order valence-corrected chi connectivity index (χ0v) is 17.9. The average Bonchev–Trinajstić information content (AvgIpc) is 3.13. The van der Waals surface area contributed by atoms with Crippen molar-refractivity contribution in [2.24, 2.45) is 5.41 Å². The van der Waals surface area contributed by atoms with E-state index in [1.807, 2.05) is 41.1 Å². The van der Waals surface area contributed by atoms with Gasteiger partial charge in [-0.2, -0.15) is 4.98 Å². The fourth-order valence-electron chi connectivity index (χ4n) is 4.32. The number of carbonyl (C=O) groups is 1. The van der Waals surface area contributed by atoms with Gasteiger partial charge in [-0.3, -0.25) is 4.79 Å². The molecule has 0 spiro atoms. The molecule has 0 saturated heterocycles. The summed E-state index contributed by atoms with van der Waals surface area (Å²) in [5.41, 5.74) is 4.06. The molecule has 2 heterocycles. The van der Waals surface area contributed by atoms with Crippen LogP contribution in [0.25, 0.3) is 0 Å². The Morgan fingerprint density at radius 1 is 1.07 bits per heavy atom. The minimum absolute atomic E-state index is 0.0583. The third-order valence-electron chi connectivity index (χ3n) is 5.64. The minimum atomic E-state index is -0.236. The van der Waals surface area contributed by atoms with E-state index in [1.165, 1.54) is 5.56 Å². The van der Waals surface area contributed by atoms with Crippen LogP contribution < -0.4 is 5.32 Å². The quantitative estimate of drug-likeness (QED) is 0.590. The number of hydrogen-bond acceptors (Lipinski definition) is 5. The van der Waals surface area contributed by atoms with Crippen LogP contribution in [0.4, 0.5) is 5.95 Å². The van der Waals surface area contributed by atoms with Crippen molar-refractivity contribution in [1.82, 2.24) is 14.8 Å². The number of aromatic nitrogens is 3. The normalized spacial score (nSPS) is 19.8. The molecule has 6 heteroatoms. The van der Waals surface area contributed by atoms with Crippen molar-refractivity contribution in [3.8, 4) is 0 Å². The first-order valence-corrected chi connectivity index (χ1v) is 11.2. The van der Waals surface area contributed by atoms with Crippen LogP contribution in [0.15, 0.2) is 77.1 Å². The Bertz CT molecular complexity index is 1120. The van der Waals surface area contributed by atoms with E-state index in [2.05, 4.69) is 43.4 Å². The van der Waals surface area contributed by atoms with Crippen LogP contribution >= 0.6 is 11.8 Å². The Balaban J connectivity index is 1.53. The maximum atomic E-state index is 13.2. The predicted octanol–water partition coefficient (Wildman–Crippen LogP) is 5.23. The van der Waals surface area contributed by atoms with Crippen LogP contribution in [0, 0.1) is 5.41 Å². The van der Waals surface area contributed by atoms with Gasteiger partial charge in [0, 0.05) is 23.4 Å². The van der Waals surface area contributed by atoms with Crippen molar-refractivity contribution >= 4 is 23.5 Å². The Labute approximate surface area is 180 Å². The van der Waals surface area contributed by atoms with E-state index in [4.69, 9.17) is 10.1 Å². The lowest BCUT2D eigenvalue weighted by Crippen LogP contribution is -2.36. The molecule has 1 unspecified atom stereocenters. The van der Waals surface area contributed by atoms with E-state index in [1.54, 1.807) is 11.8 Å². The summed E-state index contributed by atoms with van der Waals surface area (Å²) in [5.74, 6) is 1.71. The monoisotopic (exact) mass is 416 g/mol. The Morgan fingerprint density at radius 2 is 1.77 bits per heavy atom. The first kappa shape index (κ1) is 19.1. The molecule has 1 atom stereocenters. The van der Waals surface area contributed by atoms with Gasteiger partial charge in [-0.1, -0.05) is 86.3 Å². The van der Waals surface area contributed by atoms with Crippen LogP contribution in [0.1, 0.15) is 43.9 Å². The number of nitrogens with zero attached hydrogens (tertiary/aromatic N) is 3. The lowest BCUT2D eigenvalue weighted by atomic mass is 9.73. The van der Waals surface area contributed by atoms with Crippen molar-refractivity contribution in [1.29, 1.82) is 0 Å². The average molecular weight is 417 g/mol. The summed E-state index contributed by atoms with van der Waals surface area (Å²) in [6.07, 6.45) is 1.38. The number of allylic oxidation sites excluding steroid dienone is 2. The van der Waals surface area contributed by atoms with Gasteiger partial charge in [0.25, 0.3) is 0 Å². The second-order valence-corrected chi connectivity index (χ2v) is 9.65. The molecule has 5 nitrogen and oxygen atoms in total. The second kappa shape index (κ2) is 7.43. The number of nitrogens with one attached hydrogen (secondary N) is 1. The molecule has 0 amide bonds. The molecule has 1 N–H and O–H groups in total. The molecule has 0 bridgehead atoms. The SMILES string of the molecule is CC1(C)CC(=O)C2=C(C1)Nc1nc(SCc3ccccc3)nn1C2c1ccccc1. The maximum Gasteiger partial charge on any atom is 0.227 e. The maximum absolute atomic E-state index is 13.2. The summed E-state index contributed by atoms with van der Waals surface area (Å²) >= 11 is 1.61. The summed E-state index contributed by atoms with van der Waals surface area (Å²) < 4.78 is 1.89. The second-order valence-electron chi connectivity index (χ2n) is 8.71.